The fourth-order valence-corrected chi connectivity index (χ4v) is 3.41. The Labute approximate surface area is 154 Å². The average Bonchev–Trinajstić information content (AvgIpc) is 2.75. The predicted molar refractivity (Wildman–Crippen MR) is 110 cm³/mol. The molecule has 136 valence electrons. The van der Waals surface area contributed by atoms with E-state index in [0.29, 0.717) is 6.04 Å². The SMILES string of the molecule is CCN(NC1=C/C=C\C=C/C=C\C=C/C=C\1)C1CCCCCCCC1. The summed E-state index contributed by atoms with van der Waals surface area (Å²) in [4.78, 5) is 0. The van der Waals surface area contributed by atoms with Crippen LogP contribution in [0.15, 0.2) is 72.5 Å². The lowest BCUT2D eigenvalue weighted by molar-refractivity contribution is 0.134. The lowest BCUT2D eigenvalue weighted by Gasteiger charge is -2.32. The molecule has 0 radical (unpaired) electrons. The molecule has 1 fully saturated rings. The van der Waals surface area contributed by atoms with Gasteiger partial charge >= 0.3 is 0 Å². The highest BCUT2D eigenvalue weighted by atomic mass is 15.5. The van der Waals surface area contributed by atoms with E-state index in [0.717, 1.165) is 12.2 Å². The molecule has 2 aliphatic rings. The molecule has 1 N–H and O–H groups in total. The molecule has 0 aromatic rings. The van der Waals surface area contributed by atoms with E-state index in [4.69, 9.17) is 0 Å². The molecular weight excluding hydrogens is 304 g/mol. The largest absolute Gasteiger partial charge is 0.319 e. The molecule has 0 aromatic heterocycles. The summed E-state index contributed by atoms with van der Waals surface area (Å²) in [5.41, 5.74) is 4.82. The molecule has 0 saturated heterocycles. The Balaban J connectivity index is 2.05. The zero-order chi connectivity index (χ0) is 17.6. The third kappa shape index (κ3) is 8.22. The van der Waals surface area contributed by atoms with Crippen molar-refractivity contribution in [3.8, 4) is 0 Å². The molecule has 0 aromatic carbocycles. The second-order valence-electron chi connectivity index (χ2n) is 6.77. The molecule has 2 aliphatic carbocycles. The van der Waals surface area contributed by atoms with Crippen LogP contribution >= 0.6 is 0 Å². The minimum Gasteiger partial charge on any atom is -0.319 e. The zero-order valence-electron chi connectivity index (χ0n) is 15.7. The van der Waals surface area contributed by atoms with Gasteiger partial charge in [-0.3, -0.25) is 0 Å². The first kappa shape index (κ1) is 19.5. The minimum atomic E-state index is 0.640. The topological polar surface area (TPSA) is 15.3 Å². The predicted octanol–water partition coefficient (Wildman–Crippen LogP) is 5.99. The number of rotatable bonds is 4. The summed E-state index contributed by atoms with van der Waals surface area (Å²) in [6.07, 6.45) is 33.8. The lowest BCUT2D eigenvalue weighted by atomic mass is 10.0. The maximum atomic E-state index is 3.68. The molecule has 0 amide bonds. The zero-order valence-corrected chi connectivity index (χ0v) is 15.7. The Morgan fingerprint density at radius 3 is 1.88 bits per heavy atom. The molecule has 0 atom stereocenters. The number of hydrazine groups is 1. The van der Waals surface area contributed by atoms with Crippen LogP contribution in [0.2, 0.25) is 0 Å². The van der Waals surface area contributed by atoms with Crippen LogP contribution in [-0.2, 0) is 0 Å². The smallest absolute Gasteiger partial charge is 0.0490 e. The van der Waals surface area contributed by atoms with Crippen molar-refractivity contribution in [1.29, 1.82) is 0 Å². The molecule has 2 nitrogen and oxygen atoms in total. The van der Waals surface area contributed by atoms with Crippen LogP contribution in [0.25, 0.3) is 0 Å². The summed E-state index contributed by atoms with van der Waals surface area (Å²) < 4.78 is 0. The monoisotopic (exact) mass is 338 g/mol. The van der Waals surface area contributed by atoms with Gasteiger partial charge in [-0.15, -0.1) is 0 Å². The minimum absolute atomic E-state index is 0.640. The van der Waals surface area contributed by atoms with Crippen molar-refractivity contribution in [2.75, 3.05) is 6.54 Å². The molecule has 0 aliphatic heterocycles. The molecule has 2 rings (SSSR count). The maximum Gasteiger partial charge on any atom is 0.0490 e. The van der Waals surface area contributed by atoms with Crippen LogP contribution < -0.4 is 5.43 Å². The third-order valence-electron chi connectivity index (χ3n) is 4.82. The van der Waals surface area contributed by atoms with Gasteiger partial charge in [-0.25, -0.2) is 5.01 Å². The van der Waals surface area contributed by atoms with E-state index < -0.39 is 0 Å². The summed E-state index contributed by atoms with van der Waals surface area (Å²) in [5.74, 6) is 0. The Morgan fingerprint density at radius 1 is 0.760 bits per heavy atom. The Bertz CT molecular complexity index is 524. The van der Waals surface area contributed by atoms with Crippen LogP contribution in [0.4, 0.5) is 0 Å². The first-order chi connectivity index (χ1) is 12.4. The van der Waals surface area contributed by atoms with Crippen LogP contribution in [-0.4, -0.2) is 17.6 Å². The second kappa shape index (κ2) is 12.5. The molecule has 0 heterocycles. The average molecular weight is 339 g/mol. The van der Waals surface area contributed by atoms with Gasteiger partial charge < -0.3 is 5.43 Å². The number of nitrogens with zero attached hydrogens (tertiary/aromatic N) is 1. The fourth-order valence-electron chi connectivity index (χ4n) is 3.41. The lowest BCUT2D eigenvalue weighted by Crippen LogP contribution is -2.44. The van der Waals surface area contributed by atoms with Crippen molar-refractivity contribution in [2.24, 2.45) is 0 Å². The van der Waals surface area contributed by atoms with Crippen LogP contribution in [0.5, 0.6) is 0 Å². The summed E-state index contributed by atoms with van der Waals surface area (Å²) in [6, 6.07) is 0.640. The molecule has 0 bridgehead atoms. The summed E-state index contributed by atoms with van der Waals surface area (Å²) in [7, 11) is 0. The van der Waals surface area contributed by atoms with Crippen molar-refractivity contribution >= 4 is 0 Å². The van der Waals surface area contributed by atoms with Gasteiger partial charge in [-0.1, -0.05) is 100 Å². The van der Waals surface area contributed by atoms with Gasteiger partial charge in [-0.05, 0) is 25.0 Å². The highest BCUT2D eigenvalue weighted by Gasteiger charge is 2.17. The molecule has 25 heavy (non-hydrogen) atoms. The van der Waals surface area contributed by atoms with E-state index in [2.05, 4.69) is 66.0 Å². The van der Waals surface area contributed by atoms with Crippen LogP contribution in [0, 0.1) is 0 Å². The van der Waals surface area contributed by atoms with Gasteiger partial charge in [0.1, 0.15) is 0 Å². The summed E-state index contributed by atoms with van der Waals surface area (Å²) >= 11 is 0. The first-order valence-electron chi connectivity index (χ1n) is 9.98. The number of allylic oxidation sites excluding steroid dienone is 11. The Hall–Kier alpha value is -1.80. The quantitative estimate of drug-likeness (QED) is 0.633. The van der Waals surface area contributed by atoms with Crippen LogP contribution in [0.3, 0.4) is 0 Å². The molecule has 0 unspecified atom stereocenters. The summed E-state index contributed by atoms with van der Waals surface area (Å²) in [6.45, 7) is 3.28. The summed E-state index contributed by atoms with van der Waals surface area (Å²) in [5, 5.41) is 2.45. The standard InChI is InChI=1S/C23H34N2/c1-2-25(23-20-16-12-8-9-13-17-21-23)24-22-18-14-10-6-4-3-5-7-11-15-19-22/h3-7,10-11,14-15,18-19,23-24H,2,8-9,12-13,16-17,20-21H2,1H3/b4-3-,5-3?,6-4?,7-5-,10-6-,11-7?,14-10?,15-11-,18-14-,19-15?,22-18?,22-19+. The normalized spacial score (nSPS) is 28.8. The Kier molecular flexibility index (Phi) is 9.80. The first-order valence-corrected chi connectivity index (χ1v) is 9.98. The highest BCUT2D eigenvalue weighted by molar-refractivity contribution is 5.28. The van der Waals surface area contributed by atoms with Gasteiger partial charge in [0.15, 0.2) is 0 Å². The maximum absolute atomic E-state index is 3.68. The van der Waals surface area contributed by atoms with Crippen molar-refractivity contribution in [2.45, 2.75) is 64.3 Å². The Morgan fingerprint density at radius 2 is 1.28 bits per heavy atom. The second-order valence-corrected chi connectivity index (χ2v) is 6.77. The van der Waals surface area contributed by atoms with E-state index in [1.807, 2.05) is 18.2 Å². The van der Waals surface area contributed by atoms with Gasteiger partial charge in [-0.2, -0.15) is 0 Å². The molecular formula is C23H34N2. The van der Waals surface area contributed by atoms with Crippen LogP contribution in [0.1, 0.15) is 58.3 Å². The van der Waals surface area contributed by atoms with Gasteiger partial charge in [0.05, 0.1) is 0 Å². The van der Waals surface area contributed by atoms with E-state index in [9.17, 15) is 0 Å². The molecule has 2 heteroatoms. The number of hydrogen-bond donors (Lipinski definition) is 1. The number of hydrogen-bond acceptors (Lipinski definition) is 2. The van der Waals surface area contributed by atoms with Gasteiger partial charge in [0.25, 0.3) is 0 Å². The van der Waals surface area contributed by atoms with E-state index in [1.165, 1.54) is 51.4 Å². The van der Waals surface area contributed by atoms with E-state index >= 15 is 0 Å². The van der Waals surface area contributed by atoms with Crippen molar-refractivity contribution in [1.82, 2.24) is 10.4 Å². The van der Waals surface area contributed by atoms with Gasteiger partial charge in [0.2, 0.25) is 0 Å². The molecule has 1 saturated carbocycles. The van der Waals surface area contributed by atoms with Crippen molar-refractivity contribution in [3.05, 3.63) is 72.5 Å². The van der Waals surface area contributed by atoms with Crippen molar-refractivity contribution in [3.63, 3.8) is 0 Å². The van der Waals surface area contributed by atoms with Crippen molar-refractivity contribution < 1.29 is 0 Å². The van der Waals surface area contributed by atoms with E-state index in [1.54, 1.807) is 0 Å². The van der Waals surface area contributed by atoms with Gasteiger partial charge in [0, 0.05) is 18.3 Å². The fraction of sp³-hybridized carbons (Fsp3) is 0.478. The third-order valence-corrected chi connectivity index (χ3v) is 4.82. The highest BCUT2D eigenvalue weighted by Crippen LogP contribution is 2.20. The molecule has 0 spiro atoms. The van der Waals surface area contributed by atoms with E-state index in [-0.39, 0.29) is 0 Å². The number of nitrogens with one attached hydrogen (secondary N) is 1.